The zero-order chi connectivity index (χ0) is 20.9. The highest BCUT2D eigenvalue weighted by atomic mass is 35.5. The van der Waals surface area contributed by atoms with Gasteiger partial charge in [-0.1, -0.05) is 29.8 Å². The van der Waals surface area contributed by atoms with E-state index in [1.165, 1.54) is 31.0 Å². The van der Waals surface area contributed by atoms with Crippen LogP contribution in [0.3, 0.4) is 0 Å². The number of amides is 1. The summed E-state index contributed by atoms with van der Waals surface area (Å²) in [4.78, 5) is 14.8. The average Bonchev–Trinajstić information content (AvgIpc) is 2.70. The molecule has 6 nitrogen and oxygen atoms in total. The van der Waals surface area contributed by atoms with E-state index < -0.39 is 10.0 Å². The summed E-state index contributed by atoms with van der Waals surface area (Å²) in [6.07, 6.45) is 4.81. The highest BCUT2D eigenvalue weighted by molar-refractivity contribution is 7.92. The molecule has 29 heavy (non-hydrogen) atoms. The second-order valence-electron chi connectivity index (χ2n) is 7.24. The molecule has 1 saturated heterocycles. The van der Waals surface area contributed by atoms with Gasteiger partial charge in [0.2, 0.25) is 15.9 Å². The Bertz CT molecular complexity index is 942. The van der Waals surface area contributed by atoms with Crippen LogP contribution in [0.25, 0.3) is 0 Å². The third-order valence-corrected chi connectivity index (χ3v) is 6.31. The van der Waals surface area contributed by atoms with E-state index in [-0.39, 0.29) is 12.5 Å². The number of rotatable bonds is 7. The number of carbonyl (C=O) groups excluding carboxylic acids is 1. The van der Waals surface area contributed by atoms with Gasteiger partial charge < -0.3 is 10.2 Å². The highest BCUT2D eigenvalue weighted by Gasteiger charge is 2.21. The van der Waals surface area contributed by atoms with E-state index >= 15 is 0 Å². The number of benzene rings is 2. The van der Waals surface area contributed by atoms with Gasteiger partial charge in [0.25, 0.3) is 0 Å². The molecule has 0 aromatic heterocycles. The summed E-state index contributed by atoms with van der Waals surface area (Å²) in [6, 6.07) is 14.6. The van der Waals surface area contributed by atoms with Crippen molar-refractivity contribution >= 4 is 38.9 Å². The van der Waals surface area contributed by atoms with Crippen molar-refractivity contribution < 1.29 is 13.2 Å². The molecular formula is C21H26ClN3O3S. The monoisotopic (exact) mass is 435 g/mol. The summed E-state index contributed by atoms with van der Waals surface area (Å²) in [5, 5.41) is 3.20. The van der Waals surface area contributed by atoms with Gasteiger partial charge in [0.1, 0.15) is 6.54 Å². The molecule has 0 aliphatic carbocycles. The lowest BCUT2D eigenvalue weighted by molar-refractivity contribution is -0.119. The molecule has 2 aromatic rings. The van der Waals surface area contributed by atoms with E-state index in [1.807, 2.05) is 12.1 Å². The molecule has 0 spiro atoms. The number of anilines is 2. The van der Waals surface area contributed by atoms with Crippen LogP contribution in [-0.2, 0) is 21.4 Å². The number of hydrogen-bond acceptors (Lipinski definition) is 4. The van der Waals surface area contributed by atoms with Crippen molar-refractivity contribution in [2.45, 2.75) is 25.8 Å². The quantitative estimate of drug-likeness (QED) is 0.723. The van der Waals surface area contributed by atoms with Crippen LogP contribution >= 0.6 is 11.6 Å². The molecule has 156 valence electrons. The normalized spacial score (nSPS) is 14.5. The van der Waals surface area contributed by atoms with Gasteiger partial charge in [-0.15, -0.1) is 0 Å². The molecule has 1 heterocycles. The van der Waals surface area contributed by atoms with Crippen LogP contribution in [0.2, 0.25) is 5.02 Å². The first-order valence-corrected chi connectivity index (χ1v) is 11.9. The Balaban J connectivity index is 1.59. The molecule has 1 amide bonds. The van der Waals surface area contributed by atoms with Crippen LogP contribution in [0.15, 0.2) is 48.5 Å². The number of hydrogen-bond donors (Lipinski definition) is 1. The Morgan fingerprint density at radius 1 is 1.10 bits per heavy atom. The van der Waals surface area contributed by atoms with Crippen LogP contribution in [0.5, 0.6) is 0 Å². The van der Waals surface area contributed by atoms with E-state index in [9.17, 15) is 13.2 Å². The van der Waals surface area contributed by atoms with Gasteiger partial charge in [-0.3, -0.25) is 9.10 Å². The minimum absolute atomic E-state index is 0.301. The number of nitrogens with zero attached hydrogens (tertiary/aromatic N) is 2. The summed E-state index contributed by atoms with van der Waals surface area (Å²) >= 11 is 5.96. The fourth-order valence-corrected chi connectivity index (χ4v) is 4.43. The first-order valence-electron chi connectivity index (χ1n) is 9.67. The van der Waals surface area contributed by atoms with Gasteiger partial charge in [-0.2, -0.15) is 0 Å². The Hall–Kier alpha value is -2.25. The summed E-state index contributed by atoms with van der Waals surface area (Å²) in [5.74, 6) is -0.379. The Morgan fingerprint density at radius 2 is 1.79 bits per heavy atom. The fourth-order valence-electron chi connectivity index (χ4n) is 3.39. The van der Waals surface area contributed by atoms with Gasteiger partial charge in [0.05, 0.1) is 11.9 Å². The molecule has 0 bridgehead atoms. The van der Waals surface area contributed by atoms with Gasteiger partial charge in [0, 0.05) is 30.3 Å². The first-order chi connectivity index (χ1) is 13.8. The molecule has 3 rings (SSSR count). The van der Waals surface area contributed by atoms with E-state index in [4.69, 9.17) is 11.6 Å². The summed E-state index contributed by atoms with van der Waals surface area (Å²) in [7, 11) is -3.62. The van der Waals surface area contributed by atoms with Gasteiger partial charge in [-0.05, 0) is 55.2 Å². The van der Waals surface area contributed by atoms with Gasteiger partial charge in [0.15, 0.2) is 0 Å². The minimum Gasteiger partial charge on any atom is -0.372 e. The summed E-state index contributed by atoms with van der Waals surface area (Å²) in [5.41, 5.74) is 2.53. The topological polar surface area (TPSA) is 69.7 Å². The molecular weight excluding hydrogens is 410 g/mol. The molecule has 1 fully saturated rings. The molecule has 0 radical (unpaired) electrons. The molecule has 1 aliphatic rings. The average molecular weight is 436 g/mol. The van der Waals surface area contributed by atoms with Crippen LogP contribution in [0.1, 0.15) is 24.8 Å². The molecule has 0 saturated carbocycles. The maximum atomic E-state index is 12.4. The molecule has 1 aliphatic heterocycles. The van der Waals surface area contributed by atoms with Crippen LogP contribution < -0.4 is 14.5 Å². The number of carbonyl (C=O) groups is 1. The first kappa shape index (κ1) is 21.5. The summed E-state index contributed by atoms with van der Waals surface area (Å²) < 4.78 is 25.3. The van der Waals surface area contributed by atoms with E-state index in [0.717, 1.165) is 29.2 Å². The van der Waals surface area contributed by atoms with Gasteiger partial charge in [-0.25, -0.2) is 8.42 Å². The number of nitrogens with one attached hydrogen (secondary N) is 1. The molecule has 8 heteroatoms. The van der Waals surface area contributed by atoms with Gasteiger partial charge >= 0.3 is 0 Å². The van der Waals surface area contributed by atoms with Crippen LogP contribution in [-0.4, -0.2) is 40.2 Å². The minimum atomic E-state index is -3.62. The number of halogens is 1. The lowest BCUT2D eigenvalue weighted by Gasteiger charge is -2.28. The lowest BCUT2D eigenvalue weighted by atomic mass is 10.1. The molecule has 0 unspecified atom stereocenters. The van der Waals surface area contributed by atoms with E-state index in [1.54, 1.807) is 18.2 Å². The lowest BCUT2D eigenvalue weighted by Crippen LogP contribution is -2.40. The third-order valence-electron chi connectivity index (χ3n) is 4.93. The number of sulfonamides is 1. The second-order valence-corrected chi connectivity index (χ2v) is 9.58. The maximum absolute atomic E-state index is 12.4. The van der Waals surface area contributed by atoms with Crippen molar-refractivity contribution in [3.63, 3.8) is 0 Å². The number of piperidine rings is 1. The van der Waals surface area contributed by atoms with E-state index in [0.29, 0.717) is 17.3 Å². The molecule has 1 N–H and O–H groups in total. The standard InChI is InChI=1S/C21H26ClN3O3S/c1-29(27,28)25(20-7-5-6-18(22)14-20)16-21(26)23-15-17-8-10-19(11-9-17)24-12-3-2-4-13-24/h5-11,14H,2-4,12-13,15-16H2,1H3,(H,23,26). The van der Waals surface area contributed by atoms with Crippen molar-refractivity contribution in [1.29, 1.82) is 0 Å². The predicted molar refractivity (Wildman–Crippen MR) is 118 cm³/mol. The molecule has 0 atom stereocenters. The zero-order valence-electron chi connectivity index (χ0n) is 16.5. The third kappa shape index (κ3) is 6.11. The van der Waals surface area contributed by atoms with E-state index in [2.05, 4.69) is 22.3 Å². The van der Waals surface area contributed by atoms with Crippen LogP contribution in [0.4, 0.5) is 11.4 Å². The molecule has 2 aromatic carbocycles. The fraction of sp³-hybridized carbons (Fsp3) is 0.381. The van der Waals surface area contributed by atoms with Crippen molar-refractivity contribution in [3.8, 4) is 0 Å². The Kier molecular flexibility index (Phi) is 7.03. The van der Waals surface area contributed by atoms with Crippen molar-refractivity contribution in [1.82, 2.24) is 5.32 Å². The SMILES string of the molecule is CS(=O)(=O)N(CC(=O)NCc1ccc(N2CCCCC2)cc1)c1cccc(Cl)c1. The largest absolute Gasteiger partial charge is 0.372 e. The highest BCUT2D eigenvalue weighted by Crippen LogP contribution is 2.22. The predicted octanol–water partition coefficient (Wildman–Crippen LogP) is 3.41. The summed E-state index contributed by atoms with van der Waals surface area (Å²) in [6.45, 7) is 2.21. The maximum Gasteiger partial charge on any atom is 0.241 e. The van der Waals surface area contributed by atoms with Crippen molar-refractivity contribution in [2.24, 2.45) is 0 Å². The Labute approximate surface area is 177 Å². The Morgan fingerprint density at radius 3 is 2.41 bits per heavy atom. The van der Waals surface area contributed by atoms with Crippen LogP contribution in [0, 0.1) is 0 Å². The van der Waals surface area contributed by atoms with Crippen molar-refractivity contribution in [2.75, 3.05) is 35.1 Å². The smallest absolute Gasteiger partial charge is 0.241 e. The van der Waals surface area contributed by atoms with Crippen molar-refractivity contribution in [3.05, 3.63) is 59.1 Å². The zero-order valence-corrected chi connectivity index (χ0v) is 18.0. The second kappa shape index (κ2) is 9.50.